The van der Waals surface area contributed by atoms with Crippen LogP contribution in [-0.4, -0.2) is 11.6 Å². The summed E-state index contributed by atoms with van der Waals surface area (Å²) in [5.74, 6) is 0.753. The van der Waals surface area contributed by atoms with E-state index in [1.165, 1.54) is 0 Å². The van der Waals surface area contributed by atoms with E-state index < -0.39 is 0 Å². The van der Waals surface area contributed by atoms with Gasteiger partial charge in [-0.15, -0.1) is 6.58 Å². The molecule has 0 aliphatic heterocycles. The molecule has 0 fully saturated rings. The zero-order chi connectivity index (χ0) is 13.8. The minimum atomic E-state index is 0.420. The highest BCUT2D eigenvalue weighted by atomic mass is 35.5. The van der Waals surface area contributed by atoms with Gasteiger partial charge in [-0.2, -0.15) is 0 Å². The van der Waals surface area contributed by atoms with E-state index >= 15 is 0 Å². The van der Waals surface area contributed by atoms with Crippen LogP contribution in [0.1, 0.15) is 5.56 Å². The summed E-state index contributed by atoms with van der Waals surface area (Å²) in [5.41, 5.74) is 1.60. The van der Waals surface area contributed by atoms with Crippen molar-refractivity contribution in [2.45, 2.75) is 6.42 Å². The number of hydrogen-bond donors (Lipinski definition) is 0. The molecule has 0 amide bonds. The minimum Gasteiger partial charge on any atom is -0.488 e. The number of benzene rings is 1. The van der Waals surface area contributed by atoms with Crippen LogP contribution in [0.4, 0.5) is 0 Å². The van der Waals surface area contributed by atoms with Crippen LogP contribution in [0, 0.1) is 0 Å². The number of ether oxygens (including phenoxy) is 1. The molecular formula is C15H13Cl2NO. The van der Waals surface area contributed by atoms with E-state index in [-0.39, 0.29) is 0 Å². The molecule has 0 radical (unpaired) electrons. The molecule has 2 nitrogen and oxygen atoms in total. The molecule has 0 atom stereocenters. The normalized spacial score (nSPS) is 10.4. The van der Waals surface area contributed by atoms with Crippen molar-refractivity contribution in [1.29, 1.82) is 0 Å². The van der Waals surface area contributed by atoms with Crippen LogP contribution in [0.3, 0.4) is 0 Å². The molecule has 98 valence electrons. The molecule has 19 heavy (non-hydrogen) atoms. The van der Waals surface area contributed by atoms with E-state index in [1.54, 1.807) is 24.4 Å². The third-order valence-corrected chi connectivity index (χ3v) is 3.46. The van der Waals surface area contributed by atoms with Crippen molar-refractivity contribution in [2.24, 2.45) is 0 Å². The van der Waals surface area contributed by atoms with Gasteiger partial charge in [0.25, 0.3) is 0 Å². The summed E-state index contributed by atoms with van der Waals surface area (Å²) in [6.07, 6.45) is 5.92. The van der Waals surface area contributed by atoms with Gasteiger partial charge in [0.15, 0.2) is 0 Å². The molecule has 1 aromatic heterocycles. The predicted octanol–water partition coefficient (Wildman–Crippen LogP) is 4.83. The fraction of sp³-hybridized carbons (Fsp3) is 0.133. The molecule has 0 saturated carbocycles. The first-order chi connectivity index (χ1) is 9.19. The molecule has 0 saturated heterocycles. The average molecular weight is 294 g/mol. The summed E-state index contributed by atoms with van der Waals surface area (Å²) >= 11 is 12.2. The molecular weight excluding hydrogens is 281 g/mol. The first kappa shape index (κ1) is 13.9. The van der Waals surface area contributed by atoms with Crippen molar-refractivity contribution in [2.75, 3.05) is 6.61 Å². The monoisotopic (exact) mass is 293 g/mol. The standard InChI is InChI=1S/C15H13Cl2NO/c1-3-5-10-9-18-14-11(15(10)19-8-4-2)6-7-12(16)13(14)17/h3-4,6-7,9H,1-2,5,8H2. The number of pyridine rings is 1. The Balaban J connectivity index is 2.68. The lowest BCUT2D eigenvalue weighted by Gasteiger charge is -2.13. The first-order valence-corrected chi connectivity index (χ1v) is 6.54. The largest absolute Gasteiger partial charge is 0.488 e. The van der Waals surface area contributed by atoms with Crippen molar-refractivity contribution < 1.29 is 4.74 Å². The highest BCUT2D eigenvalue weighted by Gasteiger charge is 2.13. The number of halogens is 2. The van der Waals surface area contributed by atoms with Crippen molar-refractivity contribution in [3.63, 3.8) is 0 Å². The minimum absolute atomic E-state index is 0.420. The lowest BCUT2D eigenvalue weighted by molar-refractivity contribution is 0.364. The molecule has 2 aromatic rings. The maximum atomic E-state index is 6.17. The Bertz CT molecular complexity index is 638. The summed E-state index contributed by atoms with van der Waals surface area (Å²) in [7, 11) is 0. The van der Waals surface area contributed by atoms with Crippen molar-refractivity contribution >= 4 is 34.1 Å². The van der Waals surface area contributed by atoms with Crippen LogP contribution in [0.5, 0.6) is 5.75 Å². The maximum absolute atomic E-state index is 6.17. The van der Waals surface area contributed by atoms with Crippen LogP contribution in [0.15, 0.2) is 43.6 Å². The fourth-order valence-corrected chi connectivity index (χ4v) is 2.20. The molecule has 0 spiro atoms. The van der Waals surface area contributed by atoms with Gasteiger partial charge in [0.1, 0.15) is 12.4 Å². The van der Waals surface area contributed by atoms with Gasteiger partial charge in [0.05, 0.1) is 15.6 Å². The highest BCUT2D eigenvalue weighted by molar-refractivity contribution is 6.45. The Morgan fingerprint density at radius 3 is 2.68 bits per heavy atom. The topological polar surface area (TPSA) is 22.1 Å². The van der Waals surface area contributed by atoms with Crippen LogP contribution in [0.25, 0.3) is 10.9 Å². The molecule has 0 aliphatic carbocycles. The Hall–Kier alpha value is -1.51. The van der Waals surface area contributed by atoms with Crippen LogP contribution in [0.2, 0.25) is 10.0 Å². The number of rotatable bonds is 5. The third kappa shape index (κ3) is 2.75. The Labute approximate surface area is 122 Å². The van der Waals surface area contributed by atoms with Gasteiger partial charge in [0, 0.05) is 17.1 Å². The molecule has 4 heteroatoms. The fourth-order valence-electron chi connectivity index (χ4n) is 1.84. The number of nitrogens with zero attached hydrogens (tertiary/aromatic N) is 1. The number of aromatic nitrogens is 1. The summed E-state index contributed by atoms with van der Waals surface area (Å²) in [4.78, 5) is 4.36. The SMILES string of the molecule is C=CCOc1c(CC=C)cnc2c(Cl)c(Cl)ccc12. The second-order valence-corrected chi connectivity index (χ2v) is 4.75. The zero-order valence-electron chi connectivity index (χ0n) is 10.3. The Morgan fingerprint density at radius 2 is 2.00 bits per heavy atom. The van der Waals surface area contributed by atoms with E-state index in [9.17, 15) is 0 Å². The molecule has 2 rings (SSSR count). The quantitative estimate of drug-likeness (QED) is 0.736. The summed E-state index contributed by atoms with van der Waals surface area (Å²) < 4.78 is 5.74. The van der Waals surface area contributed by atoms with E-state index in [0.29, 0.717) is 28.6 Å². The number of fused-ring (bicyclic) bond motifs is 1. The van der Waals surface area contributed by atoms with Crippen LogP contribution < -0.4 is 4.74 Å². The van der Waals surface area contributed by atoms with Gasteiger partial charge in [-0.05, 0) is 18.6 Å². The lowest BCUT2D eigenvalue weighted by Crippen LogP contribution is -1.99. The van der Waals surface area contributed by atoms with Gasteiger partial charge >= 0.3 is 0 Å². The van der Waals surface area contributed by atoms with Crippen LogP contribution >= 0.6 is 23.2 Å². The zero-order valence-corrected chi connectivity index (χ0v) is 11.8. The molecule has 1 aromatic carbocycles. The van der Waals surface area contributed by atoms with Gasteiger partial charge in [-0.1, -0.05) is 41.9 Å². The van der Waals surface area contributed by atoms with Crippen molar-refractivity contribution in [1.82, 2.24) is 4.98 Å². The summed E-state index contributed by atoms with van der Waals surface area (Å²) in [6, 6.07) is 3.61. The van der Waals surface area contributed by atoms with Gasteiger partial charge in [-0.3, -0.25) is 4.98 Å². The van der Waals surface area contributed by atoms with Crippen LogP contribution in [-0.2, 0) is 6.42 Å². The molecule has 0 aliphatic rings. The number of hydrogen-bond acceptors (Lipinski definition) is 2. The molecule has 0 N–H and O–H groups in total. The lowest BCUT2D eigenvalue weighted by atomic mass is 10.1. The van der Waals surface area contributed by atoms with Crippen molar-refractivity contribution in [3.8, 4) is 5.75 Å². The number of allylic oxidation sites excluding steroid dienone is 1. The molecule has 1 heterocycles. The Kier molecular flexibility index (Phi) is 4.46. The second kappa shape index (κ2) is 6.09. The van der Waals surface area contributed by atoms with Gasteiger partial charge in [-0.25, -0.2) is 0 Å². The Morgan fingerprint density at radius 1 is 1.21 bits per heavy atom. The van der Waals surface area contributed by atoms with E-state index in [1.807, 2.05) is 6.07 Å². The second-order valence-electron chi connectivity index (χ2n) is 3.96. The van der Waals surface area contributed by atoms with E-state index in [4.69, 9.17) is 27.9 Å². The average Bonchev–Trinajstić information content (AvgIpc) is 2.42. The molecule has 0 unspecified atom stereocenters. The predicted molar refractivity (Wildman–Crippen MR) is 81.4 cm³/mol. The third-order valence-electron chi connectivity index (χ3n) is 2.66. The highest BCUT2D eigenvalue weighted by Crippen LogP contribution is 2.36. The maximum Gasteiger partial charge on any atom is 0.134 e. The summed E-state index contributed by atoms with van der Waals surface area (Å²) in [5, 5.41) is 1.76. The van der Waals surface area contributed by atoms with Gasteiger partial charge in [0.2, 0.25) is 0 Å². The summed E-state index contributed by atoms with van der Waals surface area (Å²) in [6.45, 7) is 7.81. The first-order valence-electron chi connectivity index (χ1n) is 5.79. The van der Waals surface area contributed by atoms with E-state index in [0.717, 1.165) is 16.7 Å². The molecule has 0 bridgehead atoms. The van der Waals surface area contributed by atoms with E-state index in [2.05, 4.69) is 18.1 Å². The smallest absolute Gasteiger partial charge is 0.134 e. The van der Waals surface area contributed by atoms with Gasteiger partial charge < -0.3 is 4.74 Å². The van der Waals surface area contributed by atoms with Crippen molar-refractivity contribution in [3.05, 3.63) is 59.2 Å².